The Morgan fingerprint density at radius 3 is 2.78 bits per heavy atom. The molecule has 0 aliphatic heterocycles. The molecule has 0 atom stereocenters. The Hall–Kier alpha value is -1.48. The first-order valence-electron chi connectivity index (χ1n) is 6.54. The van der Waals surface area contributed by atoms with Gasteiger partial charge in [0.25, 0.3) is 0 Å². The van der Waals surface area contributed by atoms with Gasteiger partial charge in [0.15, 0.2) is 0 Å². The summed E-state index contributed by atoms with van der Waals surface area (Å²) >= 11 is 0. The van der Waals surface area contributed by atoms with Crippen molar-refractivity contribution >= 4 is 10.9 Å². The first-order chi connectivity index (χ1) is 8.70. The van der Waals surface area contributed by atoms with E-state index >= 15 is 0 Å². The Balaban J connectivity index is 2.15. The van der Waals surface area contributed by atoms with Crippen molar-refractivity contribution in [3.05, 3.63) is 30.5 Å². The predicted octanol–water partition coefficient (Wildman–Crippen LogP) is 3.47. The van der Waals surface area contributed by atoms with Crippen LogP contribution in [0.5, 0.6) is 5.75 Å². The molecule has 0 fully saturated rings. The van der Waals surface area contributed by atoms with E-state index in [1.54, 1.807) is 0 Å². The van der Waals surface area contributed by atoms with E-state index in [-0.39, 0.29) is 6.10 Å². The number of benzene rings is 1. The summed E-state index contributed by atoms with van der Waals surface area (Å²) in [6, 6.07) is 8.35. The predicted molar refractivity (Wildman–Crippen MR) is 74.2 cm³/mol. The molecule has 0 bridgehead atoms. The largest absolute Gasteiger partial charge is 0.491 e. The molecule has 98 valence electrons. The molecular formula is C15H21NO2. The number of ether oxygens (including phenoxy) is 2. The fraction of sp³-hybridized carbons (Fsp3) is 0.467. The van der Waals surface area contributed by atoms with Gasteiger partial charge in [-0.3, -0.25) is 0 Å². The maximum Gasteiger partial charge on any atom is 0.120 e. The maximum absolute atomic E-state index is 5.70. The summed E-state index contributed by atoms with van der Waals surface area (Å²) in [7, 11) is 0. The van der Waals surface area contributed by atoms with Gasteiger partial charge in [-0.2, -0.15) is 0 Å². The Kier molecular flexibility index (Phi) is 4.26. The summed E-state index contributed by atoms with van der Waals surface area (Å²) in [5.74, 6) is 0.931. The molecule has 0 amide bonds. The number of fused-ring (bicyclic) bond motifs is 1. The second-order valence-electron chi connectivity index (χ2n) is 4.59. The minimum absolute atomic E-state index is 0.211. The summed E-state index contributed by atoms with van der Waals surface area (Å²) in [4.78, 5) is 0. The van der Waals surface area contributed by atoms with Gasteiger partial charge in [-0.05, 0) is 45.0 Å². The van der Waals surface area contributed by atoms with Crippen LogP contribution in [0, 0.1) is 0 Å². The fourth-order valence-electron chi connectivity index (χ4n) is 2.03. The third-order valence-electron chi connectivity index (χ3n) is 2.79. The van der Waals surface area contributed by atoms with Crippen LogP contribution < -0.4 is 4.74 Å². The SMILES string of the molecule is CCOCCn1ccc2cc(OC(C)C)ccc21. The van der Waals surface area contributed by atoms with Gasteiger partial charge in [0.1, 0.15) is 5.75 Å². The molecule has 0 saturated carbocycles. The van der Waals surface area contributed by atoms with E-state index in [1.165, 1.54) is 10.9 Å². The summed E-state index contributed by atoms with van der Waals surface area (Å²) in [6.07, 6.45) is 2.31. The van der Waals surface area contributed by atoms with Gasteiger partial charge in [-0.15, -0.1) is 0 Å². The van der Waals surface area contributed by atoms with E-state index in [0.717, 1.165) is 25.5 Å². The van der Waals surface area contributed by atoms with Crippen molar-refractivity contribution in [3.8, 4) is 5.75 Å². The highest BCUT2D eigenvalue weighted by Crippen LogP contribution is 2.22. The lowest BCUT2D eigenvalue weighted by Gasteiger charge is -2.10. The van der Waals surface area contributed by atoms with Crippen molar-refractivity contribution in [3.63, 3.8) is 0 Å². The highest BCUT2D eigenvalue weighted by atomic mass is 16.5. The zero-order valence-corrected chi connectivity index (χ0v) is 11.3. The van der Waals surface area contributed by atoms with E-state index < -0.39 is 0 Å². The summed E-state index contributed by atoms with van der Waals surface area (Å²) in [5, 5.41) is 1.21. The van der Waals surface area contributed by atoms with Crippen LogP contribution >= 0.6 is 0 Å². The molecule has 2 rings (SSSR count). The van der Waals surface area contributed by atoms with Gasteiger partial charge in [0.2, 0.25) is 0 Å². The lowest BCUT2D eigenvalue weighted by molar-refractivity contribution is 0.140. The molecule has 0 unspecified atom stereocenters. The maximum atomic E-state index is 5.70. The van der Waals surface area contributed by atoms with Gasteiger partial charge in [-0.1, -0.05) is 0 Å². The summed E-state index contributed by atoms with van der Waals surface area (Å²) in [5.41, 5.74) is 1.23. The number of nitrogens with zero attached hydrogens (tertiary/aromatic N) is 1. The molecule has 18 heavy (non-hydrogen) atoms. The van der Waals surface area contributed by atoms with Crippen LogP contribution in [0.2, 0.25) is 0 Å². The highest BCUT2D eigenvalue weighted by molar-refractivity contribution is 5.81. The summed E-state index contributed by atoms with van der Waals surface area (Å²) in [6.45, 7) is 8.51. The Bertz CT molecular complexity index is 502. The van der Waals surface area contributed by atoms with E-state index in [9.17, 15) is 0 Å². The van der Waals surface area contributed by atoms with E-state index in [1.807, 2.05) is 26.8 Å². The van der Waals surface area contributed by atoms with Crippen molar-refractivity contribution in [1.82, 2.24) is 4.57 Å². The minimum Gasteiger partial charge on any atom is -0.491 e. The van der Waals surface area contributed by atoms with Gasteiger partial charge in [0.05, 0.1) is 12.7 Å². The molecule has 2 aromatic rings. The van der Waals surface area contributed by atoms with Crippen molar-refractivity contribution in [1.29, 1.82) is 0 Å². The van der Waals surface area contributed by atoms with Crippen molar-refractivity contribution in [2.45, 2.75) is 33.4 Å². The van der Waals surface area contributed by atoms with Crippen LogP contribution in [0.15, 0.2) is 30.5 Å². The van der Waals surface area contributed by atoms with Crippen LogP contribution in [0.25, 0.3) is 10.9 Å². The van der Waals surface area contributed by atoms with Crippen molar-refractivity contribution in [2.24, 2.45) is 0 Å². The zero-order chi connectivity index (χ0) is 13.0. The molecule has 0 saturated heterocycles. The first kappa shape index (κ1) is 13.0. The van der Waals surface area contributed by atoms with E-state index in [2.05, 4.69) is 29.0 Å². The van der Waals surface area contributed by atoms with Crippen molar-refractivity contribution in [2.75, 3.05) is 13.2 Å². The average Bonchev–Trinajstić information content (AvgIpc) is 2.71. The van der Waals surface area contributed by atoms with Gasteiger partial charge in [-0.25, -0.2) is 0 Å². The number of rotatable bonds is 6. The second kappa shape index (κ2) is 5.91. The first-order valence-corrected chi connectivity index (χ1v) is 6.54. The summed E-state index contributed by atoms with van der Waals surface area (Å²) < 4.78 is 13.3. The van der Waals surface area contributed by atoms with Gasteiger partial charge >= 0.3 is 0 Å². The third-order valence-corrected chi connectivity index (χ3v) is 2.79. The molecule has 1 aromatic heterocycles. The third kappa shape index (κ3) is 3.05. The Labute approximate surface area is 108 Å². The van der Waals surface area contributed by atoms with Gasteiger partial charge in [0, 0.05) is 30.3 Å². The standard InChI is InChI=1S/C15H21NO2/c1-4-17-10-9-16-8-7-13-11-14(18-12(2)3)5-6-15(13)16/h5-8,11-12H,4,9-10H2,1-3H3. The number of hydrogen-bond acceptors (Lipinski definition) is 2. The molecule has 0 aliphatic carbocycles. The van der Waals surface area contributed by atoms with Gasteiger partial charge < -0.3 is 14.0 Å². The normalized spacial score (nSPS) is 11.3. The molecule has 0 spiro atoms. The van der Waals surface area contributed by atoms with Crippen LogP contribution in [0.4, 0.5) is 0 Å². The lowest BCUT2D eigenvalue weighted by Crippen LogP contribution is -2.06. The smallest absolute Gasteiger partial charge is 0.120 e. The molecule has 1 heterocycles. The van der Waals surface area contributed by atoms with Crippen molar-refractivity contribution < 1.29 is 9.47 Å². The molecule has 3 nitrogen and oxygen atoms in total. The van der Waals surface area contributed by atoms with Crippen LogP contribution in [0.3, 0.4) is 0 Å². The molecule has 0 radical (unpaired) electrons. The van der Waals surface area contributed by atoms with Crippen LogP contribution in [0.1, 0.15) is 20.8 Å². The number of hydrogen-bond donors (Lipinski definition) is 0. The second-order valence-corrected chi connectivity index (χ2v) is 4.59. The lowest BCUT2D eigenvalue weighted by atomic mass is 10.2. The molecule has 1 aromatic carbocycles. The minimum atomic E-state index is 0.211. The Morgan fingerprint density at radius 1 is 1.22 bits per heavy atom. The molecule has 3 heteroatoms. The van der Waals surface area contributed by atoms with E-state index in [0.29, 0.717) is 0 Å². The Morgan fingerprint density at radius 2 is 2.06 bits per heavy atom. The van der Waals surface area contributed by atoms with Crippen LogP contribution in [-0.4, -0.2) is 23.9 Å². The topological polar surface area (TPSA) is 23.4 Å². The van der Waals surface area contributed by atoms with E-state index in [4.69, 9.17) is 9.47 Å². The quantitative estimate of drug-likeness (QED) is 0.730. The molecular weight excluding hydrogens is 226 g/mol. The zero-order valence-electron chi connectivity index (χ0n) is 11.3. The fourth-order valence-corrected chi connectivity index (χ4v) is 2.03. The molecule has 0 aliphatic rings. The highest BCUT2D eigenvalue weighted by Gasteiger charge is 2.04. The number of aromatic nitrogens is 1. The monoisotopic (exact) mass is 247 g/mol. The average molecular weight is 247 g/mol. The van der Waals surface area contributed by atoms with Crippen LogP contribution in [-0.2, 0) is 11.3 Å². The molecule has 0 N–H and O–H groups in total.